The number of ether oxygens (including phenoxy) is 1. The monoisotopic (exact) mass is 586 g/mol. The summed E-state index contributed by atoms with van der Waals surface area (Å²) < 4.78 is 6.16. The highest BCUT2D eigenvalue weighted by Gasteiger charge is 2.69. The van der Waals surface area contributed by atoms with Crippen LogP contribution in [0.15, 0.2) is 88.7 Å². The second-order valence-corrected chi connectivity index (χ2v) is 13.6. The van der Waals surface area contributed by atoms with Gasteiger partial charge in [0.1, 0.15) is 11.5 Å². The third kappa shape index (κ3) is 3.59. The Bertz CT molecular complexity index is 1720. The van der Waals surface area contributed by atoms with E-state index >= 15 is 0 Å². The number of thiazole rings is 1. The largest absolute Gasteiger partial charge is 0.457 e. The average Bonchev–Trinajstić information content (AvgIpc) is 3.69. The quantitative estimate of drug-likeness (QED) is 0.274. The Labute approximate surface area is 243 Å². The Morgan fingerprint density at radius 2 is 1.57 bits per heavy atom. The van der Waals surface area contributed by atoms with Crippen molar-refractivity contribution in [2.75, 3.05) is 4.90 Å². The molecule has 6 nitrogen and oxygen atoms in total. The normalized spacial score (nSPS) is 29.8. The molecule has 2 aliphatic heterocycles. The second kappa shape index (κ2) is 9.09. The van der Waals surface area contributed by atoms with E-state index in [0.717, 1.165) is 33.4 Å². The summed E-state index contributed by atoms with van der Waals surface area (Å²) >= 11 is 9.03. The lowest BCUT2D eigenvalue weighted by Gasteiger charge is -2.43. The van der Waals surface area contributed by atoms with Gasteiger partial charge in [-0.25, -0.2) is 0 Å². The van der Waals surface area contributed by atoms with Gasteiger partial charge in [-0.05, 0) is 78.3 Å². The first-order valence-electron chi connectivity index (χ1n) is 13.3. The zero-order chi connectivity index (χ0) is 27.1. The number of benzene rings is 3. The lowest BCUT2D eigenvalue weighted by atomic mass is 9.68. The number of nitrogens with zero attached hydrogens (tertiary/aromatic N) is 1. The number of hydrogen-bond acceptors (Lipinski definition) is 6. The van der Waals surface area contributed by atoms with Crippen molar-refractivity contribution in [2.24, 2.45) is 29.6 Å². The number of hydrogen-bond donors (Lipinski definition) is 1. The minimum absolute atomic E-state index is 0.0512. The Balaban J connectivity index is 1.19. The molecule has 40 heavy (non-hydrogen) atoms. The Morgan fingerprint density at radius 3 is 2.35 bits per heavy atom. The van der Waals surface area contributed by atoms with Gasteiger partial charge in [0.05, 0.1) is 22.5 Å². The molecular weight excluding hydrogens is 564 g/mol. The van der Waals surface area contributed by atoms with E-state index in [0.29, 0.717) is 10.7 Å². The number of carbonyl (C=O) groups is 2. The third-order valence-corrected chi connectivity index (χ3v) is 11.8. The van der Waals surface area contributed by atoms with Crippen LogP contribution in [0.5, 0.6) is 11.5 Å². The zero-order valence-electron chi connectivity index (χ0n) is 21.0. The van der Waals surface area contributed by atoms with Gasteiger partial charge in [0, 0.05) is 21.1 Å². The van der Waals surface area contributed by atoms with Gasteiger partial charge in [0.25, 0.3) is 0 Å². The number of thioether (sulfide) groups is 1. The van der Waals surface area contributed by atoms with Crippen LogP contribution in [0.3, 0.4) is 0 Å². The van der Waals surface area contributed by atoms with Crippen molar-refractivity contribution in [3.8, 4) is 11.5 Å². The molecule has 0 radical (unpaired) electrons. The van der Waals surface area contributed by atoms with E-state index in [9.17, 15) is 14.4 Å². The summed E-state index contributed by atoms with van der Waals surface area (Å²) in [4.78, 5) is 45.6. The van der Waals surface area contributed by atoms with Crippen LogP contribution in [-0.4, -0.2) is 22.0 Å². The van der Waals surface area contributed by atoms with Gasteiger partial charge in [-0.2, -0.15) is 0 Å². The number of fused-ring (bicyclic) bond motifs is 9. The number of carbonyl (C=O) groups excluding carboxylic acids is 2. The number of para-hydroxylation sites is 1. The number of imide groups is 1. The molecule has 1 N–H and O–H groups in total. The van der Waals surface area contributed by atoms with E-state index in [1.165, 1.54) is 16.2 Å². The van der Waals surface area contributed by atoms with Crippen LogP contribution in [0.25, 0.3) is 0 Å². The van der Waals surface area contributed by atoms with Crippen LogP contribution in [0, 0.1) is 29.6 Å². The SMILES string of the molecule is O=C1C2C3CC(C2C(=O)N1c1ccc(Cl)cc1)C1C(c2cccc(Oc4ccccc4)c2)c2sc(=O)[nH]c2SC31. The van der Waals surface area contributed by atoms with E-state index < -0.39 is 0 Å². The topological polar surface area (TPSA) is 79.5 Å². The lowest BCUT2D eigenvalue weighted by molar-refractivity contribution is -0.123. The molecule has 0 spiro atoms. The van der Waals surface area contributed by atoms with Gasteiger partial charge in [0.2, 0.25) is 11.8 Å². The molecule has 3 fully saturated rings. The highest BCUT2D eigenvalue weighted by Crippen LogP contribution is 2.68. The molecule has 2 aliphatic carbocycles. The van der Waals surface area contributed by atoms with Crippen molar-refractivity contribution < 1.29 is 14.3 Å². The van der Waals surface area contributed by atoms with E-state index in [2.05, 4.69) is 17.1 Å². The number of H-pyrrole nitrogens is 1. The molecule has 3 heterocycles. The minimum Gasteiger partial charge on any atom is -0.457 e. The molecule has 4 aliphatic rings. The fourth-order valence-corrected chi connectivity index (χ4v) is 10.6. The first-order valence-corrected chi connectivity index (χ1v) is 15.4. The summed E-state index contributed by atoms with van der Waals surface area (Å²) in [6, 6.07) is 24.6. The van der Waals surface area contributed by atoms with Crippen LogP contribution in [-0.2, 0) is 9.59 Å². The van der Waals surface area contributed by atoms with E-state index in [4.69, 9.17) is 16.3 Å². The molecule has 1 aromatic heterocycles. The van der Waals surface area contributed by atoms with Crippen molar-refractivity contribution in [3.63, 3.8) is 0 Å². The van der Waals surface area contributed by atoms with Crippen molar-refractivity contribution in [2.45, 2.75) is 22.6 Å². The fraction of sp³-hybridized carbons (Fsp3) is 0.258. The van der Waals surface area contributed by atoms with Gasteiger partial charge in [-0.3, -0.25) is 19.3 Å². The van der Waals surface area contributed by atoms with Crippen LogP contribution >= 0.6 is 34.7 Å². The highest BCUT2D eigenvalue weighted by molar-refractivity contribution is 8.00. The number of halogens is 1. The first-order chi connectivity index (χ1) is 19.5. The molecule has 9 heteroatoms. The highest BCUT2D eigenvalue weighted by atomic mass is 35.5. The van der Waals surface area contributed by atoms with Crippen molar-refractivity contribution in [1.82, 2.24) is 4.98 Å². The molecule has 2 amide bonds. The molecule has 200 valence electrons. The fourth-order valence-electron chi connectivity index (χ4n) is 7.63. The average molecular weight is 587 g/mol. The predicted molar refractivity (Wildman–Crippen MR) is 155 cm³/mol. The van der Waals surface area contributed by atoms with Gasteiger partial charge >= 0.3 is 4.87 Å². The molecule has 3 aromatic carbocycles. The molecule has 4 aromatic rings. The molecule has 2 saturated carbocycles. The number of nitrogens with one attached hydrogen (secondary N) is 1. The summed E-state index contributed by atoms with van der Waals surface area (Å²) in [5.74, 6) is 0.771. The smallest absolute Gasteiger partial charge is 0.305 e. The van der Waals surface area contributed by atoms with Crippen LogP contribution < -0.4 is 14.5 Å². The Hall–Kier alpha value is -3.33. The van der Waals surface area contributed by atoms with Crippen LogP contribution in [0.2, 0.25) is 5.02 Å². The van der Waals surface area contributed by atoms with Gasteiger partial charge in [0.15, 0.2) is 0 Å². The minimum atomic E-state index is -0.349. The predicted octanol–water partition coefficient (Wildman–Crippen LogP) is 6.56. The third-order valence-electron chi connectivity index (χ3n) is 9.00. The number of anilines is 1. The maximum absolute atomic E-state index is 13.9. The summed E-state index contributed by atoms with van der Waals surface area (Å²) in [6.45, 7) is 0. The number of aromatic nitrogens is 1. The number of aromatic amines is 1. The van der Waals surface area contributed by atoms with Crippen LogP contribution in [0.4, 0.5) is 5.69 Å². The van der Waals surface area contributed by atoms with Crippen molar-refractivity contribution >= 4 is 52.2 Å². The van der Waals surface area contributed by atoms with Crippen molar-refractivity contribution in [3.05, 3.63) is 104 Å². The molecule has 8 rings (SSSR count). The summed E-state index contributed by atoms with van der Waals surface area (Å²) in [5, 5.41) is 1.59. The van der Waals surface area contributed by atoms with E-state index in [1.807, 2.05) is 42.5 Å². The summed E-state index contributed by atoms with van der Waals surface area (Å²) in [5.41, 5.74) is 1.64. The number of amides is 2. The Morgan fingerprint density at radius 1 is 0.850 bits per heavy atom. The standard InChI is InChI=1S/C31H23ClN2O4S2/c32-16-9-11-17(12-10-16)34-29(35)24-20-14-21(25(24)30(34)36)26-23(20)22(27-28(39-26)33-31(37)40-27)15-5-4-8-19(13-15)38-18-6-2-1-3-7-18/h1-13,20-26H,14H2,(H,33,37). The molecular formula is C31H23ClN2O4S2. The Kier molecular flexibility index (Phi) is 5.56. The van der Waals surface area contributed by atoms with E-state index in [-0.39, 0.29) is 57.4 Å². The van der Waals surface area contributed by atoms with Gasteiger partial charge in [-0.15, -0.1) is 11.8 Å². The molecule has 7 unspecified atom stereocenters. The van der Waals surface area contributed by atoms with E-state index in [1.54, 1.807) is 36.0 Å². The summed E-state index contributed by atoms with van der Waals surface area (Å²) in [6.07, 6.45) is 0.847. The van der Waals surface area contributed by atoms with Crippen LogP contribution in [0.1, 0.15) is 22.8 Å². The molecule has 7 atom stereocenters. The van der Waals surface area contributed by atoms with Gasteiger partial charge < -0.3 is 9.72 Å². The molecule has 2 bridgehead atoms. The van der Waals surface area contributed by atoms with Crippen molar-refractivity contribution in [1.29, 1.82) is 0 Å². The first kappa shape index (κ1) is 24.5. The zero-order valence-corrected chi connectivity index (χ0v) is 23.4. The maximum Gasteiger partial charge on any atom is 0.305 e. The number of rotatable bonds is 4. The summed E-state index contributed by atoms with van der Waals surface area (Å²) in [7, 11) is 0. The maximum atomic E-state index is 13.9. The molecule has 1 saturated heterocycles. The second-order valence-electron chi connectivity index (χ2n) is 10.9. The lowest BCUT2D eigenvalue weighted by Crippen LogP contribution is -2.42. The van der Waals surface area contributed by atoms with Gasteiger partial charge in [-0.1, -0.05) is 53.3 Å².